The molecule has 0 saturated carbocycles. The molecule has 0 spiro atoms. The van der Waals surface area contributed by atoms with Crippen LogP contribution in [0.5, 0.6) is 0 Å². The van der Waals surface area contributed by atoms with E-state index in [1.54, 1.807) is 11.3 Å². The minimum atomic E-state index is 0.437. The maximum Gasteiger partial charge on any atom is 0.0555 e. The molecule has 1 heterocycles. The molecule has 76 valence electrons. The second kappa shape index (κ2) is 6.13. The van der Waals surface area contributed by atoms with Crippen LogP contribution in [0.3, 0.4) is 0 Å². The highest BCUT2D eigenvalue weighted by Crippen LogP contribution is 2.24. The van der Waals surface area contributed by atoms with Gasteiger partial charge < -0.3 is 5.73 Å². The fraction of sp³-hybridized carbons (Fsp3) is 0.455. The number of rotatable bonds is 3. The van der Waals surface area contributed by atoms with E-state index in [1.807, 2.05) is 11.8 Å². The lowest BCUT2D eigenvalue weighted by atomic mass is 10.3. The standard InChI is InChI=1S/C11H15NS2/c1-9(2)14-8-11-10(4-3-6-12)5-7-13-11/h5,7,9H,6,8,12H2,1-2H3. The topological polar surface area (TPSA) is 26.0 Å². The van der Waals surface area contributed by atoms with Crippen LogP contribution in [0.15, 0.2) is 11.4 Å². The summed E-state index contributed by atoms with van der Waals surface area (Å²) in [6.07, 6.45) is 0. The van der Waals surface area contributed by atoms with Crippen molar-refractivity contribution in [3.8, 4) is 11.8 Å². The van der Waals surface area contributed by atoms with Gasteiger partial charge in [0, 0.05) is 16.2 Å². The van der Waals surface area contributed by atoms with Crippen molar-refractivity contribution in [2.75, 3.05) is 6.54 Å². The second-order valence-electron chi connectivity index (χ2n) is 3.12. The third-order valence-electron chi connectivity index (χ3n) is 1.62. The Morgan fingerprint density at radius 3 is 3.00 bits per heavy atom. The monoisotopic (exact) mass is 225 g/mol. The molecule has 0 aliphatic heterocycles. The van der Waals surface area contributed by atoms with E-state index in [4.69, 9.17) is 5.73 Å². The zero-order valence-electron chi connectivity index (χ0n) is 8.54. The van der Waals surface area contributed by atoms with Gasteiger partial charge in [-0.2, -0.15) is 11.8 Å². The van der Waals surface area contributed by atoms with Crippen LogP contribution in [0.1, 0.15) is 24.3 Å². The Labute approximate surface area is 94.1 Å². The Bertz CT molecular complexity index is 331. The average molecular weight is 225 g/mol. The van der Waals surface area contributed by atoms with Gasteiger partial charge in [0.25, 0.3) is 0 Å². The molecule has 0 radical (unpaired) electrons. The Morgan fingerprint density at radius 1 is 1.57 bits per heavy atom. The van der Waals surface area contributed by atoms with E-state index in [0.29, 0.717) is 11.8 Å². The van der Waals surface area contributed by atoms with Crippen molar-refractivity contribution in [3.05, 3.63) is 21.9 Å². The van der Waals surface area contributed by atoms with Crippen LogP contribution < -0.4 is 5.73 Å². The van der Waals surface area contributed by atoms with Gasteiger partial charge in [0.2, 0.25) is 0 Å². The molecule has 14 heavy (non-hydrogen) atoms. The van der Waals surface area contributed by atoms with Crippen LogP contribution in [0, 0.1) is 11.8 Å². The Morgan fingerprint density at radius 2 is 2.36 bits per heavy atom. The third-order valence-corrected chi connectivity index (χ3v) is 3.84. The Balaban J connectivity index is 2.63. The predicted molar refractivity (Wildman–Crippen MR) is 66.7 cm³/mol. The van der Waals surface area contributed by atoms with Gasteiger partial charge in [-0.05, 0) is 16.7 Å². The lowest BCUT2D eigenvalue weighted by molar-refractivity contribution is 1.11. The molecule has 0 aliphatic carbocycles. The number of thioether (sulfide) groups is 1. The van der Waals surface area contributed by atoms with Crippen LogP contribution in [0.4, 0.5) is 0 Å². The van der Waals surface area contributed by atoms with Gasteiger partial charge >= 0.3 is 0 Å². The lowest BCUT2D eigenvalue weighted by Crippen LogP contribution is -1.93. The highest BCUT2D eigenvalue weighted by molar-refractivity contribution is 7.99. The SMILES string of the molecule is CC(C)SCc1sccc1C#CCN. The molecule has 0 amide bonds. The molecule has 0 saturated heterocycles. The van der Waals surface area contributed by atoms with E-state index < -0.39 is 0 Å². The molecule has 0 fully saturated rings. The molecule has 0 atom stereocenters. The first-order valence-corrected chi connectivity index (χ1v) is 6.53. The van der Waals surface area contributed by atoms with E-state index in [1.165, 1.54) is 4.88 Å². The smallest absolute Gasteiger partial charge is 0.0555 e. The lowest BCUT2D eigenvalue weighted by Gasteiger charge is -2.02. The average Bonchev–Trinajstić information content (AvgIpc) is 2.58. The number of hydrogen-bond acceptors (Lipinski definition) is 3. The molecule has 0 unspecified atom stereocenters. The van der Waals surface area contributed by atoms with E-state index in [2.05, 4.69) is 37.1 Å². The van der Waals surface area contributed by atoms with Crippen LogP contribution in [0.2, 0.25) is 0 Å². The van der Waals surface area contributed by atoms with E-state index in [-0.39, 0.29) is 0 Å². The van der Waals surface area contributed by atoms with Crippen LogP contribution >= 0.6 is 23.1 Å². The molecule has 3 heteroatoms. The van der Waals surface area contributed by atoms with Crippen molar-refractivity contribution < 1.29 is 0 Å². The van der Waals surface area contributed by atoms with E-state index in [0.717, 1.165) is 11.3 Å². The highest BCUT2D eigenvalue weighted by atomic mass is 32.2. The number of nitrogens with two attached hydrogens (primary N) is 1. The van der Waals surface area contributed by atoms with Crippen LogP contribution in [0.25, 0.3) is 0 Å². The normalized spacial score (nSPS) is 10.0. The molecule has 0 aliphatic rings. The quantitative estimate of drug-likeness (QED) is 0.800. The molecular formula is C11H15NS2. The summed E-state index contributed by atoms with van der Waals surface area (Å²) in [6, 6.07) is 2.07. The third kappa shape index (κ3) is 3.75. The van der Waals surface area contributed by atoms with Crippen molar-refractivity contribution in [2.45, 2.75) is 24.9 Å². The van der Waals surface area contributed by atoms with Crippen molar-refractivity contribution >= 4 is 23.1 Å². The van der Waals surface area contributed by atoms with E-state index >= 15 is 0 Å². The first-order chi connectivity index (χ1) is 6.74. The molecule has 0 aromatic carbocycles. The van der Waals surface area contributed by atoms with Gasteiger partial charge in [-0.15, -0.1) is 11.3 Å². The molecule has 0 bridgehead atoms. The van der Waals surface area contributed by atoms with Gasteiger partial charge in [0.05, 0.1) is 6.54 Å². The van der Waals surface area contributed by atoms with Crippen molar-refractivity contribution in [2.24, 2.45) is 5.73 Å². The van der Waals surface area contributed by atoms with Crippen molar-refractivity contribution in [1.29, 1.82) is 0 Å². The first kappa shape index (κ1) is 11.6. The van der Waals surface area contributed by atoms with Crippen molar-refractivity contribution in [3.63, 3.8) is 0 Å². The zero-order valence-corrected chi connectivity index (χ0v) is 10.2. The van der Waals surface area contributed by atoms with Crippen molar-refractivity contribution in [1.82, 2.24) is 0 Å². The molecular weight excluding hydrogens is 210 g/mol. The van der Waals surface area contributed by atoms with E-state index in [9.17, 15) is 0 Å². The Kier molecular flexibility index (Phi) is 5.10. The Hall–Kier alpha value is -0.430. The van der Waals surface area contributed by atoms with Gasteiger partial charge in [0.1, 0.15) is 0 Å². The molecule has 2 N–H and O–H groups in total. The first-order valence-electron chi connectivity index (χ1n) is 4.61. The summed E-state index contributed by atoms with van der Waals surface area (Å²) in [6.45, 7) is 4.86. The zero-order chi connectivity index (χ0) is 10.4. The maximum atomic E-state index is 5.34. The molecule has 1 aromatic rings. The largest absolute Gasteiger partial charge is 0.320 e. The summed E-state index contributed by atoms with van der Waals surface area (Å²) in [7, 11) is 0. The van der Waals surface area contributed by atoms with Crippen LogP contribution in [-0.2, 0) is 5.75 Å². The number of hydrogen-bond donors (Lipinski definition) is 1. The van der Waals surface area contributed by atoms with Gasteiger partial charge in [-0.25, -0.2) is 0 Å². The summed E-state index contributed by atoms with van der Waals surface area (Å²) < 4.78 is 0. The minimum absolute atomic E-state index is 0.437. The summed E-state index contributed by atoms with van der Waals surface area (Å²) in [4.78, 5) is 1.37. The van der Waals surface area contributed by atoms with Crippen LogP contribution in [-0.4, -0.2) is 11.8 Å². The van der Waals surface area contributed by atoms with Gasteiger partial charge in [0.15, 0.2) is 0 Å². The molecule has 1 nitrogen and oxygen atoms in total. The second-order valence-corrected chi connectivity index (χ2v) is 5.69. The summed E-state index contributed by atoms with van der Waals surface area (Å²) in [5.41, 5.74) is 6.49. The van der Waals surface area contributed by atoms with Gasteiger partial charge in [-0.3, -0.25) is 0 Å². The number of thiophene rings is 1. The summed E-state index contributed by atoms with van der Waals surface area (Å²) >= 11 is 3.73. The van der Waals surface area contributed by atoms with Gasteiger partial charge in [-0.1, -0.05) is 25.7 Å². The summed E-state index contributed by atoms with van der Waals surface area (Å²) in [5, 5.41) is 2.77. The highest BCUT2D eigenvalue weighted by Gasteiger charge is 2.03. The summed E-state index contributed by atoms with van der Waals surface area (Å²) in [5.74, 6) is 7.05. The fourth-order valence-electron chi connectivity index (χ4n) is 0.952. The predicted octanol–water partition coefficient (Wildman–Crippen LogP) is 2.70. The minimum Gasteiger partial charge on any atom is -0.320 e. The maximum absolute atomic E-state index is 5.34. The molecule has 1 aromatic heterocycles. The fourth-order valence-corrected chi connectivity index (χ4v) is 2.68. The molecule has 1 rings (SSSR count).